The van der Waals surface area contributed by atoms with Crippen LogP contribution in [0.25, 0.3) is 6.08 Å². The molecule has 4 heteroatoms. The van der Waals surface area contributed by atoms with E-state index in [9.17, 15) is 0 Å². The van der Waals surface area contributed by atoms with Crippen molar-refractivity contribution in [2.45, 2.75) is 0 Å². The van der Waals surface area contributed by atoms with Gasteiger partial charge in [0.05, 0.1) is 19.8 Å². The third-order valence-corrected chi connectivity index (χ3v) is 2.80. The summed E-state index contributed by atoms with van der Waals surface area (Å²) in [4.78, 5) is 6.40. The number of morpholine rings is 1. The summed E-state index contributed by atoms with van der Waals surface area (Å²) in [5.74, 6) is 0.607. The highest BCUT2D eigenvalue weighted by Crippen LogP contribution is 2.01. The summed E-state index contributed by atoms with van der Waals surface area (Å²) in [6.07, 6.45) is 4.07. The van der Waals surface area contributed by atoms with Crippen molar-refractivity contribution in [2.75, 3.05) is 32.8 Å². The minimum atomic E-state index is 0.607. The number of nitrogens with zero attached hydrogens (tertiary/aromatic N) is 2. The Kier molecular flexibility index (Phi) is 4.78. The van der Waals surface area contributed by atoms with Crippen molar-refractivity contribution in [3.05, 3.63) is 42.0 Å². The van der Waals surface area contributed by atoms with Gasteiger partial charge >= 0.3 is 0 Å². The molecule has 1 saturated heterocycles. The predicted molar refractivity (Wildman–Crippen MR) is 74.4 cm³/mol. The fourth-order valence-electron chi connectivity index (χ4n) is 1.79. The Morgan fingerprint density at radius 2 is 2.00 bits per heavy atom. The second-order valence-electron chi connectivity index (χ2n) is 4.11. The summed E-state index contributed by atoms with van der Waals surface area (Å²) in [6.45, 7) is 3.74. The minimum Gasteiger partial charge on any atom is -0.378 e. The topological polar surface area (TPSA) is 50.8 Å². The van der Waals surface area contributed by atoms with Gasteiger partial charge in [0, 0.05) is 13.1 Å². The fraction of sp³-hybridized carbons (Fsp3) is 0.357. The number of guanidine groups is 1. The molecule has 2 N–H and O–H groups in total. The predicted octanol–water partition coefficient (Wildman–Crippen LogP) is 1.35. The van der Waals surface area contributed by atoms with Crippen LogP contribution >= 0.6 is 0 Å². The average molecular weight is 245 g/mol. The van der Waals surface area contributed by atoms with Crippen LogP contribution < -0.4 is 5.73 Å². The van der Waals surface area contributed by atoms with Crippen molar-refractivity contribution >= 4 is 12.0 Å². The molecule has 1 fully saturated rings. The van der Waals surface area contributed by atoms with Gasteiger partial charge in [-0.1, -0.05) is 42.5 Å². The molecule has 96 valence electrons. The van der Waals surface area contributed by atoms with Crippen molar-refractivity contribution in [2.24, 2.45) is 10.7 Å². The van der Waals surface area contributed by atoms with Crippen LogP contribution in [0.4, 0.5) is 0 Å². The van der Waals surface area contributed by atoms with Crippen LogP contribution in [0.1, 0.15) is 5.56 Å². The lowest BCUT2D eigenvalue weighted by Gasteiger charge is -2.27. The molecular weight excluding hydrogens is 226 g/mol. The lowest BCUT2D eigenvalue weighted by atomic mass is 10.2. The number of ether oxygens (including phenoxy) is 1. The fourth-order valence-corrected chi connectivity index (χ4v) is 1.79. The molecule has 0 atom stereocenters. The van der Waals surface area contributed by atoms with Crippen LogP contribution in [0, 0.1) is 0 Å². The number of nitrogens with two attached hydrogens (primary N) is 1. The van der Waals surface area contributed by atoms with E-state index in [0.717, 1.165) is 26.3 Å². The van der Waals surface area contributed by atoms with E-state index < -0.39 is 0 Å². The zero-order valence-corrected chi connectivity index (χ0v) is 10.5. The second kappa shape index (κ2) is 6.81. The SMILES string of the molecule is NC(=NCC=Cc1ccccc1)N1CCOCC1. The van der Waals surface area contributed by atoms with E-state index >= 15 is 0 Å². The van der Waals surface area contributed by atoms with Crippen LogP contribution in [0.3, 0.4) is 0 Å². The highest BCUT2D eigenvalue weighted by molar-refractivity contribution is 5.78. The Hall–Kier alpha value is -1.81. The smallest absolute Gasteiger partial charge is 0.191 e. The summed E-state index contributed by atoms with van der Waals surface area (Å²) in [5, 5.41) is 0. The molecule has 0 radical (unpaired) electrons. The van der Waals surface area contributed by atoms with Gasteiger partial charge in [0.25, 0.3) is 0 Å². The minimum absolute atomic E-state index is 0.607. The van der Waals surface area contributed by atoms with Crippen molar-refractivity contribution in [1.82, 2.24) is 4.90 Å². The first-order valence-corrected chi connectivity index (χ1v) is 6.20. The number of rotatable bonds is 3. The lowest BCUT2D eigenvalue weighted by molar-refractivity contribution is 0.0674. The monoisotopic (exact) mass is 245 g/mol. The van der Waals surface area contributed by atoms with Gasteiger partial charge in [-0.05, 0) is 5.56 Å². The number of aliphatic imine (C=N–C) groups is 1. The van der Waals surface area contributed by atoms with Crippen LogP contribution in [-0.4, -0.2) is 43.7 Å². The summed E-state index contributed by atoms with van der Waals surface area (Å²) >= 11 is 0. The molecule has 1 aromatic carbocycles. The first kappa shape index (κ1) is 12.6. The van der Waals surface area contributed by atoms with E-state index in [1.807, 2.05) is 24.3 Å². The maximum absolute atomic E-state index is 5.91. The molecule has 2 rings (SSSR count). The number of hydrogen-bond acceptors (Lipinski definition) is 2. The molecule has 1 aliphatic rings. The molecule has 0 bridgehead atoms. The van der Waals surface area contributed by atoms with E-state index in [1.54, 1.807) is 0 Å². The third kappa shape index (κ3) is 3.89. The van der Waals surface area contributed by atoms with Crippen LogP contribution in [0.15, 0.2) is 41.4 Å². The van der Waals surface area contributed by atoms with E-state index in [0.29, 0.717) is 12.5 Å². The highest BCUT2D eigenvalue weighted by atomic mass is 16.5. The molecular formula is C14H19N3O. The van der Waals surface area contributed by atoms with E-state index in [1.165, 1.54) is 5.56 Å². The Labute approximate surface area is 108 Å². The Balaban J connectivity index is 1.81. The standard InChI is InChI=1S/C14H19N3O/c15-14(17-9-11-18-12-10-17)16-8-4-7-13-5-2-1-3-6-13/h1-7H,8-12H2,(H2,15,16). The molecule has 18 heavy (non-hydrogen) atoms. The van der Waals surface area contributed by atoms with Crippen molar-refractivity contribution in [3.63, 3.8) is 0 Å². The van der Waals surface area contributed by atoms with E-state index in [4.69, 9.17) is 10.5 Å². The summed E-state index contributed by atoms with van der Waals surface area (Å²) < 4.78 is 5.27. The van der Waals surface area contributed by atoms with Gasteiger partial charge < -0.3 is 15.4 Å². The van der Waals surface area contributed by atoms with E-state index in [2.05, 4.69) is 28.1 Å². The van der Waals surface area contributed by atoms with Crippen molar-refractivity contribution in [1.29, 1.82) is 0 Å². The van der Waals surface area contributed by atoms with Gasteiger partial charge in [-0.3, -0.25) is 0 Å². The maximum Gasteiger partial charge on any atom is 0.191 e. The van der Waals surface area contributed by atoms with Gasteiger partial charge in [-0.2, -0.15) is 0 Å². The largest absolute Gasteiger partial charge is 0.378 e. The molecule has 1 aliphatic heterocycles. The molecule has 0 unspecified atom stereocenters. The first-order chi connectivity index (χ1) is 8.86. The lowest BCUT2D eigenvalue weighted by Crippen LogP contribution is -2.44. The molecule has 0 saturated carbocycles. The van der Waals surface area contributed by atoms with E-state index in [-0.39, 0.29) is 0 Å². The number of benzene rings is 1. The van der Waals surface area contributed by atoms with Crippen LogP contribution in [0.5, 0.6) is 0 Å². The molecule has 1 heterocycles. The molecule has 0 spiro atoms. The van der Waals surface area contributed by atoms with Gasteiger partial charge in [-0.15, -0.1) is 0 Å². The van der Waals surface area contributed by atoms with Crippen LogP contribution in [-0.2, 0) is 4.74 Å². The Bertz CT molecular complexity index is 408. The molecule has 0 aliphatic carbocycles. The second-order valence-corrected chi connectivity index (χ2v) is 4.11. The van der Waals surface area contributed by atoms with Crippen molar-refractivity contribution < 1.29 is 4.74 Å². The van der Waals surface area contributed by atoms with Crippen LogP contribution in [0.2, 0.25) is 0 Å². The van der Waals surface area contributed by atoms with Crippen molar-refractivity contribution in [3.8, 4) is 0 Å². The van der Waals surface area contributed by atoms with Gasteiger partial charge in [-0.25, -0.2) is 4.99 Å². The third-order valence-electron chi connectivity index (χ3n) is 2.80. The average Bonchev–Trinajstić information content (AvgIpc) is 2.45. The Morgan fingerprint density at radius 3 is 2.72 bits per heavy atom. The Morgan fingerprint density at radius 1 is 1.28 bits per heavy atom. The molecule has 0 amide bonds. The summed E-state index contributed by atoms with van der Waals surface area (Å²) in [6, 6.07) is 10.2. The summed E-state index contributed by atoms with van der Waals surface area (Å²) in [5.41, 5.74) is 7.09. The number of hydrogen-bond donors (Lipinski definition) is 1. The van der Waals surface area contributed by atoms with Gasteiger partial charge in [0.1, 0.15) is 0 Å². The highest BCUT2D eigenvalue weighted by Gasteiger charge is 2.11. The first-order valence-electron chi connectivity index (χ1n) is 6.20. The van der Waals surface area contributed by atoms with Gasteiger partial charge in [0.15, 0.2) is 5.96 Å². The molecule has 4 nitrogen and oxygen atoms in total. The quantitative estimate of drug-likeness (QED) is 0.646. The maximum atomic E-state index is 5.91. The normalized spacial score (nSPS) is 17.3. The molecule has 0 aromatic heterocycles. The zero-order chi connectivity index (χ0) is 12.6. The summed E-state index contributed by atoms with van der Waals surface area (Å²) in [7, 11) is 0. The zero-order valence-electron chi connectivity index (χ0n) is 10.5. The van der Waals surface area contributed by atoms with Gasteiger partial charge in [0.2, 0.25) is 0 Å². The molecule has 1 aromatic rings.